The van der Waals surface area contributed by atoms with Crippen LogP contribution < -0.4 is 0 Å². The second-order valence-corrected chi connectivity index (χ2v) is 7.11. The number of hydrogen-bond acceptors (Lipinski definition) is 5. The first-order valence-corrected chi connectivity index (χ1v) is 9.23. The monoisotopic (exact) mass is 369 g/mol. The Morgan fingerprint density at radius 3 is 2.62 bits per heavy atom. The summed E-state index contributed by atoms with van der Waals surface area (Å²) in [6, 6.07) is 15.8. The average molecular weight is 369 g/mol. The summed E-state index contributed by atoms with van der Waals surface area (Å²) in [4.78, 5) is 19.3. The lowest BCUT2D eigenvalue weighted by molar-refractivity contribution is -0.133. The van der Waals surface area contributed by atoms with Crippen molar-refractivity contribution in [1.82, 2.24) is 15.0 Å². The highest BCUT2D eigenvalue weighted by Crippen LogP contribution is 2.29. The van der Waals surface area contributed by atoms with Crippen molar-refractivity contribution >= 4 is 17.7 Å². The van der Waals surface area contributed by atoms with Gasteiger partial charge >= 0.3 is 0 Å². The summed E-state index contributed by atoms with van der Waals surface area (Å²) >= 11 is 1.40. The van der Waals surface area contributed by atoms with E-state index in [0.717, 1.165) is 10.5 Å². The van der Waals surface area contributed by atoms with Gasteiger partial charge in [-0.2, -0.15) is 4.98 Å². The van der Waals surface area contributed by atoms with Crippen LogP contribution in [0, 0.1) is 5.82 Å². The van der Waals surface area contributed by atoms with Gasteiger partial charge in [0.15, 0.2) is 0 Å². The fraction of sp³-hybridized carbons (Fsp3) is 0.211. The molecule has 0 N–H and O–H groups in total. The van der Waals surface area contributed by atoms with E-state index < -0.39 is 0 Å². The number of thioether (sulfide) groups is 1. The number of carbonyl (C=O) groups is 1. The minimum Gasteiger partial charge on any atom is -0.340 e. The Morgan fingerprint density at radius 2 is 1.88 bits per heavy atom. The number of nitrogens with zero attached hydrogens (tertiary/aromatic N) is 3. The van der Waals surface area contributed by atoms with Crippen LogP contribution in [0.15, 0.2) is 64.0 Å². The number of rotatable bonds is 5. The molecule has 0 aliphatic carbocycles. The first-order valence-electron chi connectivity index (χ1n) is 8.24. The molecule has 0 bridgehead atoms. The van der Waals surface area contributed by atoms with E-state index in [0.29, 0.717) is 30.6 Å². The summed E-state index contributed by atoms with van der Waals surface area (Å²) in [5.74, 6) is 1.33. The Hall–Kier alpha value is -2.67. The predicted octanol–water partition coefficient (Wildman–Crippen LogP) is 3.59. The fourth-order valence-corrected chi connectivity index (χ4v) is 3.51. The molecule has 1 aromatic heterocycles. The summed E-state index contributed by atoms with van der Waals surface area (Å²) in [5.41, 5.74) is 0.908. The molecule has 7 heteroatoms. The third-order valence-corrected chi connectivity index (χ3v) is 5.23. The molecule has 0 unspecified atom stereocenters. The van der Waals surface area contributed by atoms with E-state index in [-0.39, 0.29) is 17.6 Å². The van der Waals surface area contributed by atoms with Crippen molar-refractivity contribution < 1.29 is 13.7 Å². The van der Waals surface area contributed by atoms with Gasteiger partial charge in [0, 0.05) is 23.5 Å². The maximum Gasteiger partial charge on any atom is 0.233 e. The topological polar surface area (TPSA) is 59.2 Å². The van der Waals surface area contributed by atoms with Gasteiger partial charge in [-0.1, -0.05) is 35.5 Å². The van der Waals surface area contributed by atoms with E-state index >= 15 is 0 Å². The lowest BCUT2D eigenvalue weighted by atomic mass is 10.0. The standard InChI is InChI=1S/C19H16FN3O2S/c20-15-6-8-16(9-7-15)26-12-17(24)23-10-14(11-23)19-21-18(22-25-19)13-4-2-1-3-5-13/h1-9,14H,10-12H2. The van der Waals surface area contributed by atoms with Gasteiger partial charge in [0.2, 0.25) is 17.6 Å². The zero-order chi connectivity index (χ0) is 17.9. The Labute approximate surface area is 154 Å². The van der Waals surface area contributed by atoms with Gasteiger partial charge in [-0.15, -0.1) is 11.8 Å². The molecule has 5 nitrogen and oxygen atoms in total. The highest BCUT2D eigenvalue weighted by Gasteiger charge is 2.35. The predicted molar refractivity (Wildman–Crippen MR) is 96.2 cm³/mol. The van der Waals surface area contributed by atoms with Gasteiger partial charge in [-0.3, -0.25) is 4.79 Å². The maximum atomic E-state index is 12.9. The summed E-state index contributed by atoms with van der Waals surface area (Å²) in [5, 5.41) is 4.02. The van der Waals surface area contributed by atoms with Crippen LogP contribution in [0.4, 0.5) is 4.39 Å². The average Bonchev–Trinajstić information content (AvgIpc) is 3.10. The van der Waals surface area contributed by atoms with Gasteiger partial charge in [-0.25, -0.2) is 4.39 Å². The molecule has 0 radical (unpaired) electrons. The van der Waals surface area contributed by atoms with E-state index in [1.807, 2.05) is 30.3 Å². The molecule has 0 saturated carbocycles. The van der Waals surface area contributed by atoms with Crippen LogP contribution in [0.2, 0.25) is 0 Å². The number of halogens is 1. The van der Waals surface area contributed by atoms with Crippen LogP contribution >= 0.6 is 11.8 Å². The number of hydrogen-bond donors (Lipinski definition) is 0. The summed E-state index contributed by atoms with van der Waals surface area (Å²) in [6.07, 6.45) is 0. The Kier molecular flexibility index (Phi) is 4.71. The van der Waals surface area contributed by atoms with E-state index in [1.54, 1.807) is 17.0 Å². The second-order valence-electron chi connectivity index (χ2n) is 6.06. The molecule has 0 spiro atoms. The Morgan fingerprint density at radius 1 is 1.15 bits per heavy atom. The smallest absolute Gasteiger partial charge is 0.233 e. The molecule has 1 fully saturated rings. The first kappa shape index (κ1) is 16.8. The zero-order valence-electron chi connectivity index (χ0n) is 13.8. The molecular formula is C19H16FN3O2S. The number of aromatic nitrogens is 2. The molecule has 1 amide bonds. The minimum absolute atomic E-state index is 0.0540. The number of carbonyl (C=O) groups excluding carboxylic acids is 1. The molecule has 1 aliphatic rings. The van der Waals surface area contributed by atoms with Crippen molar-refractivity contribution in [3.05, 3.63) is 66.3 Å². The van der Waals surface area contributed by atoms with Crippen molar-refractivity contribution in [2.45, 2.75) is 10.8 Å². The number of likely N-dealkylation sites (tertiary alicyclic amines) is 1. The second kappa shape index (κ2) is 7.29. The Balaban J connectivity index is 1.29. The molecule has 132 valence electrons. The van der Waals surface area contributed by atoms with Crippen LogP contribution in [0.5, 0.6) is 0 Å². The quantitative estimate of drug-likeness (QED) is 0.643. The van der Waals surface area contributed by atoms with Crippen molar-refractivity contribution in [3.63, 3.8) is 0 Å². The van der Waals surface area contributed by atoms with Crippen LogP contribution in [-0.4, -0.2) is 39.8 Å². The van der Waals surface area contributed by atoms with Crippen LogP contribution in [0.3, 0.4) is 0 Å². The summed E-state index contributed by atoms with van der Waals surface area (Å²) < 4.78 is 18.2. The minimum atomic E-state index is -0.277. The molecule has 4 rings (SSSR count). The van der Waals surface area contributed by atoms with Crippen molar-refractivity contribution in [1.29, 1.82) is 0 Å². The molecule has 2 aromatic carbocycles. The van der Waals surface area contributed by atoms with Crippen LogP contribution in [-0.2, 0) is 4.79 Å². The number of benzene rings is 2. The van der Waals surface area contributed by atoms with Gasteiger partial charge in [0.25, 0.3) is 0 Å². The highest BCUT2D eigenvalue weighted by molar-refractivity contribution is 8.00. The van der Waals surface area contributed by atoms with E-state index in [2.05, 4.69) is 10.1 Å². The molecule has 26 heavy (non-hydrogen) atoms. The van der Waals surface area contributed by atoms with E-state index in [4.69, 9.17) is 4.52 Å². The third-order valence-electron chi connectivity index (χ3n) is 4.23. The van der Waals surface area contributed by atoms with E-state index in [1.165, 1.54) is 23.9 Å². The summed E-state index contributed by atoms with van der Waals surface area (Å²) in [6.45, 7) is 1.17. The molecular weight excluding hydrogens is 353 g/mol. The third kappa shape index (κ3) is 3.62. The lowest BCUT2D eigenvalue weighted by Gasteiger charge is -2.37. The zero-order valence-corrected chi connectivity index (χ0v) is 14.7. The van der Waals surface area contributed by atoms with E-state index in [9.17, 15) is 9.18 Å². The van der Waals surface area contributed by atoms with Gasteiger partial charge < -0.3 is 9.42 Å². The molecule has 0 atom stereocenters. The van der Waals surface area contributed by atoms with Gasteiger partial charge in [0.05, 0.1) is 11.7 Å². The SMILES string of the molecule is O=C(CSc1ccc(F)cc1)N1CC(c2nc(-c3ccccc3)no2)C1. The maximum absolute atomic E-state index is 12.9. The van der Waals surface area contributed by atoms with Crippen molar-refractivity contribution in [2.24, 2.45) is 0 Å². The number of amides is 1. The first-order chi connectivity index (χ1) is 12.7. The largest absolute Gasteiger partial charge is 0.340 e. The molecule has 2 heterocycles. The highest BCUT2D eigenvalue weighted by atomic mass is 32.2. The lowest BCUT2D eigenvalue weighted by Crippen LogP contribution is -2.49. The van der Waals surface area contributed by atoms with Gasteiger partial charge in [0.1, 0.15) is 5.82 Å². The summed E-state index contributed by atoms with van der Waals surface area (Å²) in [7, 11) is 0. The van der Waals surface area contributed by atoms with Crippen molar-refractivity contribution in [3.8, 4) is 11.4 Å². The molecule has 3 aromatic rings. The molecule has 1 aliphatic heterocycles. The van der Waals surface area contributed by atoms with Gasteiger partial charge in [-0.05, 0) is 24.3 Å². The Bertz CT molecular complexity index is 893. The molecule has 1 saturated heterocycles. The van der Waals surface area contributed by atoms with Crippen LogP contribution in [0.1, 0.15) is 11.8 Å². The fourth-order valence-electron chi connectivity index (χ4n) is 2.71. The normalized spacial score (nSPS) is 14.3. The van der Waals surface area contributed by atoms with Crippen LogP contribution in [0.25, 0.3) is 11.4 Å². The van der Waals surface area contributed by atoms with Crippen molar-refractivity contribution in [2.75, 3.05) is 18.8 Å².